The van der Waals surface area contributed by atoms with Crippen LogP contribution in [0.4, 0.5) is 0 Å². The number of nitrogens with zero attached hydrogens (tertiary/aromatic N) is 1. The molecule has 2 rings (SSSR count). The molecular formula is C12H14BrClN2O. The standard InChI is InChI=1S/C12H14BrClN2O/c13-8-1-6-11(15-7-8)12(17)16-10-4-2-9(14)3-5-10/h1,6-7,9-10H,2-5H2,(H,16,17). The van der Waals surface area contributed by atoms with Gasteiger partial charge in [-0.25, -0.2) is 4.98 Å². The summed E-state index contributed by atoms with van der Waals surface area (Å²) in [7, 11) is 0. The van der Waals surface area contributed by atoms with Crippen molar-refractivity contribution in [2.75, 3.05) is 0 Å². The Hall–Kier alpha value is -0.610. The zero-order chi connectivity index (χ0) is 12.3. The lowest BCUT2D eigenvalue weighted by Gasteiger charge is -2.25. The van der Waals surface area contributed by atoms with Gasteiger partial charge in [0.1, 0.15) is 5.69 Å². The molecule has 1 heterocycles. The second kappa shape index (κ2) is 5.83. The highest BCUT2D eigenvalue weighted by Crippen LogP contribution is 2.22. The van der Waals surface area contributed by atoms with Crippen LogP contribution in [0.5, 0.6) is 0 Å². The normalized spacial score (nSPS) is 24.4. The van der Waals surface area contributed by atoms with Gasteiger partial charge in [0.25, 0.3) is 5.91 Å². The lowest BCUT2D eigenvalue weighted by atomic mass is 9.95. The van der Waals surface area contributed by atoms with Crippen molar-refractivity contribution in [2.45, 2.75) is 37.1 Å². The molecular weight excluding hydrogens is 304 g/mol. The summed E-state index contributed by atoms with van der Waals surface area (Å²) in [6.07, 6.45) is 5.48. The first-order valence-electron chi connectivity index (χ1n) is 5.71. The maximum atomic E-state index is 11.9. The number of halogens is 2. The van der Waals surface area contributed by atoms with E-state index < -0.39 is 0 Å². The van der Waals surface area contributed by atoms with Gasteiger partial charge in [0, 0.05) is 22.1 Å². The van der Waals surface area contributed by atoms with E-state index in [1.165, 1.54) is 0 Å². The van der Waals surface area contributed by atoms with Gasteiger partial charge in [-0.1, -0.05) is 0 Å². The van der Waals surface area contributed by atoms with Gasteiger partial charge in [-0.2, -0.15) is 0 Å². The number of nitrogens with one attached hydrogen (secondary N) is 1. The summed E-state index contributed by atoms with van der Waals surface area (Å²) in [6.45, 7) is 0. The van der Waals surface area contributed by atoms with E-state index >= 15 is 0 Å². The first kappa shape index (κ1) is 12.8. The number of pyridine rings is 1. The third-order valence-corrected chi connectivity index (χ3v) is 3.86. The molecule has 92 valence electrons. The number of amides is 1. The molecule has 0 bridgehead atoms. The second-order valence-corrected chi connectivity index (χ2v) is 5.82. The van der Waals surface area contributed by atoms with Crippen LogP contribution in [-0.2, 0) is 0 Å². The second-order valence-electron chi connectivity index (χ2n) is 4.28. The van der Waals surface area contributed by atoms with Crippen molar-refractivity contribution >= 4 is 33.4 Å². The van der Waals surface area contributed by atoms with Crippen molar-refractivity contribution in [3.8, 4) is 0 Å². The molecule has 3 nitrogen and oxygen atoms in total. The van der Waals surface area contributed by atoms with E-state index in [0.29, 0.717) is 5.69 Å². The van der Waals surface area contributed by atoms with Gasteiger partial charge in [-0.3, -0.25) is 4.79 Å². The average Bonchev–Trinajstić information content (AvgIpc) is 2.33. The lowest BCUT2D eigenvalue weighted by molar-refractivity contribution is 0.0923. The van der Waals surface area contributed by atoms with Gasteiger partial charge in [0.2, 0.25) is 0 Å². The van der Waals surface area contributed by atoms with Crippen molar-refractivity contribution in [3.05, 3.63) is 28.5 Å². The molecule has 1 aliphatic rings. The largest absolute Gasteiger partial charge is 0.348 e. The minimum absolute atomic E-state index is 0.101. The lowest BCUT2D eigenvalue weighted by Crippen LogP contribution is -2.38. The van der Waals surface area contributed by atoms with E-state index in [-0.39, 0.29) is 17.3 Å². The predicted octanol–water partition coefficient (Wildman–Crippen LogP) is 3.12. The van der Waals surface area contributed by atoms with Crippen LogP contribution in [-0.4, -0.2) is 22.3 Å². The van der Waals surface area contributed by atoms with Gasteiger partial charge in [-0.15, -0.1) is 11.6 Å². The molecule has 1 fully saturated rings. The molecule has 1 amide bonds. The van der Waals surface area contributed by atoms with Crippen LogP contribution >= 0.6 is 27.5 Å². The van der Waals surface area contributed by atoms with Gasteiger partial charge in [0.05, 0.1) is 0 Å². The molecule has 1 aromatic heterocycles. The fourth-order valence-electron chi connectivity index (χ4n) is 1.97. The molecule has 1 aromatic rings. The Labute approximate surface area is 114 Å². The monoisotopic (exact) mass is 316 g/mol. The summed E-state index contributed by atoms with van der Waals surface area (Å²) in [4.78, 5) is 16.0. The molecule has 1 aliphatic carbocycles. The zero-order valence-electron chi connectivity index (χ0n) is 9.33. The maximum Gasteiger partial charge on any atom is 0.270 e. The number of carbonyl (C=O) groups excluding carboxylic acids is 1. The van der Waals surface area contributed by atoms with Crippen molar-refractivity contribution < 1.29 is 4.79 Å². The van der Waals surface area contributed by atoms with Crippen LogP contribution in [0.3, 0.4) is 0 Å². The number of aromatic nitrogens is 1. The number of hydrogen-bond acceptors (Lipinski definition) is 2. The van der Waals surface area contributed by atoms with Crippen LogP contribution in [0.2, 0.25) is 0 Å². The summed E-state index contributed by atoms with van der Waals surface area (Å²) in [5.74, 6) is -0.101. The van der Waals surface area contributed by atoms with Gasteiger partial charge in [0.15, 0.2) is 0 Å². The SMILES string of the molecule is O=C(NC1CCC(Cl)CC1)c1ccc(Br)cn1. The minimum atomic E-state index is -0.101. The first-order valence-corrected chi connectivity index (χ1v) is 6.94. The summed E-state index contributed by atoms with van der Waals surface area (Å²) in [5.41, 5.74) is 0.459. The Bertz CT molecular complexity index is 388. The highest BCUT2D eigenvalue weighted by atomic mass is 79.9. The number of carbonyl (C=O) groups is 1. The van der Waals surface area contributed by atoms with E-state index in [2.05, 4.69) is 26.2 Å². The third kappa shape index (κ3) is 3.68. The predicted molar refractivity (Wildman–Crippen MR) is 71.3 cm³/mol. The smallest absolute Gasteiger partial charge is 0.270 e. The van der Waals surface area contributed by atoms with Crippen molar-refractivity contribution in [2.24, 2.45) is 0 Å². The molecule has 0 radical (unpaired) electrons. The summed E-state index contributed by atoms with van der Waals surface area (Å²) in [5, 5.41) is 3.27. The van der Waals surface area contributed by atoms with Crippen LogP contribution in [0.15, 0.2) is 22.8 Å². The molecule has 0 saturated heterocycles. The number of alkyl halides is 1. The molecule has 1 saturated carbocycles. The van der Waals surface area contributed by atoms with E-state index in [0.717, 1.165) is 30.2 Å². The fourth-order valence-corrected chi connectivity index (χ4v) is 2.45. The molecule has 0 atom stereocenters. The zero-order valence-corrected chi connectivity index (χ0v) is 11.7. The molecule has 17 heavy (non-hydrogen) atoms. The van der Waals surface area contributed by atoms with Crippen molar-refractivity contribution in [3.63, 3.8) is 0 Å². The Morgan fingerprint density at radius 1 is 1.35 bits per heavy atom. The quantitative estimate of drug-likeness (QED) is 0.852. The minimum Gasteiger partial charge on any atom is -0.348 e. The van der Waals surface area contributed by atoms with Crippen LogP contribution in [0.25, 0.3) is 0 Å². The maximum absolute atomic E-state index is 11.9. The van der Waals surface area contributed by atoms with Crippen LogP contribution in [0, 0.1) is 0 Å². The molecule has 0 spiro atoms. The van der Waals surface area contributed by atoms with E-state index in [1.807, 2.05) is 6.07 Å². The van der Waals surface area contributed by atoms with Gasteiger partial charge < -0.3 is 5.32 Å². The van der Waals surface area contributed by atoms with Crippen molar-refractivity contribution in [1.82, 2.24) is 10.3 Å². The van der Waals surface area contributed by atoms with E-state index in [4.69, 9.17) is 11.6 Å². The summed E-state index contributed by atoms with van der Waals surface area (Å²) >= 11 is 9.31. The first-order chi connectivity index (χ1) is 8.15. The highest BCUT2D eigenvalue weighted by molar-refractivity contribution is 9.10. The average molecular weight is 318 g/mol. The highest BCUT2D eigenvalue weighted by Gasteiger charge is 2.21. The topological polar surface area (TPSA) is 42.0 Å². The summed E-state index contributed by atoms with van der Waals surface area (Å²) in [6, 6.07) is 3.77. The Kier molecular flexibility index (Phi) is 4.40. The van der Waals surface area contributed by atoms with Crippen LogP contribution < -0.4 is 5.32 Å². The molecule has 1 N–H and O–H groups in total. The Morgan fingerprint density at radius 3 is 2.65 bits per heavy atom. The van der Waals surface area contributed by atoms with Crippen LogP contribution in [0.1, 0.15) is 36.2 Å². The van der Waals surface area contributed by atoms with Gasteiger partial charge in [-0.05, 0) is 53.7 Å². The molecule has 5 heteroatoms. The molecule has 0 unspecified atom stereocenters. The number of hydrogen-bond donors (Lipinski definition) is 1. The third-order valence-electron chi connectivity index (χ3n) is 2.95. The molecule has 0 aromatic carbocycles. The van der Waals surface area contributed by atoms with E-state index in [1.54, 1.807) is 12.3 Å². The Morgan fingerprint density at radius 2 is 2.06 bits per heavy atom. The van der Waals surface area contributed by atoms with Gasteiger partial charge >= 0.3 is 0 Å². The Balaban J connectivity index is 1.91. The van der Waals surface area contributed by atoms with Crippen molar-refractivity contribution in [1.29, 1.82) is 0 Å². The molecule has 0 aliphatic heterocycles. The summed E-state index contributed by atoms with van der Waals surface area (Å²) < 4.78 is 0.872. The number of rotatable bonds is 2. The van der Waals surface area contributed by atoms with E-state index in [9.17, 15) is 4.79 Å². The fraction of sp³-hybridized carbons (Fsp3) is 0.500.